The van der Waals surface area contributed by atoms with E-state index in [1.54, 1.807) is 0 Å². The second kappa shape index (κ2) is 4.11. The Morgan fingerprint density at radius 1 is 1.36 bits per heavy atom. The molecule has 0 aromatic carbocycles. The van der Waals surface area contributed by atoms with E-state index in [0.29, 0.717) is 12.8 Å². The van der Waals surface area contributed by atoms with Crippen LogP contribution in [-0.2, 0) is 9.59 Å². The van der Waals surface area contributed by atoms with E-state index in [0.717, 1.165) is 12.8 Å². The summed E-state index contributed by atoms with van der Waals surface area (Å²) in [5.41, 5.74) is 0. The number of alkyl halides is 3. The highest BCUT2D eigenvalue weighted by atomic mass is 19.4. The Labute approximate surface area is 79.5 Å². The fourth-order valence-corrected chi connectivity index (χ4v) is 1.61. The number of hydrogen-bond donors (Lipinski definition) is 0. The molecule has 5 heteroatoms. The molecule has 0 saturated heterocycles. The quantitative estimate of drug-likeness (QED) is 0.697. The van der Waals surface area contributed by atoms with Gasteiger partial charge in [0.2, 0.25) is 5.78 Å². The average Bonchev–Trinajstić information content (AvgIpc) is 2.07. The number of carbonyl (C=O) groups is 2. The van der Waals surface area contributed by atoms with E-state index in [2.05, 4.69) is 0 Å². The van der Waals surface area contributed by atoms with Crippen LogP contribution in [0.25, 0.3) is 0 Å². The molecule has 1 rings (SSSR count). The third kappa shape index (κ3) is 2.82. The summed E-state index contributed by atoms with van der Waals surface area (Å²) in [6, 6.07) is 0. The van der Waals surface area contributed by atoms with Gasteiger partial charge >= 0.3 is 6.18 Å². The second-order valence-electron chi connectivity index (χ2n) is 3.53. The van der Waals surface area contributed by atoms with Crippen LogP contribution in [0.1, 0.15) is 32.1 Å². The van der Waals surface area contributed by atoms with Gasteiger partial charge in [-0.2, -0.15) is 13.2 Å². The Kier molecular flexibility index (Phi) is 3.29. The number of carbonyl (C=O) groups excluding carboxylic acids is 2. The Bertz CT molecular complexity index is 245. The van der Waals surface area contributed by atoms with Crippen LogP contribution in [-0.4, -0.2) is 17.7 Å². The van der Waals surface area contributed by atoms with Crippen molar-refractivity contribution in [1.82, 2.24) is 0 Å². The summed E-state index contributed by atoms with van der Waals surface area (Å²) in [7, 11) is 0. The first-order valence-electron chi connectivity index (χ1n) is 4.54. The first kappa shape index (κ1) is 11.2. The lowest BCUT2D eigenvalue weighted by atomic mass is 9.84. The molecule has 0 heterocycles. The van der Waals surface area contributed by atoms with Gasteiger partial charge in [0.1, 0.15) is 5.78 Å². The molecule has 1 atom stereocenters. The second-order valence-corrected chi connectivity index (χ2v) is 3.53. The minimum absolute atomic E-state index is 0.200. The van der Waals surface area contributed by atoms with Crippen LogP contribution in [0.3, 0.4) is 0 Å². The molecule has 0 bridgehead atoms. The van der Waals surface area contributed by atoms with Crippen molar-refractivity contribution in [2.24, 2.45) is 5.92 Å². The SMILES string of the molecule is O=C1CCCCC1CC(=O)C(F)(F)F. The standard InChI is InChI=1S/C9H11F3O2/c10-9(11,12)8(14)5-6-3-1-2-4-7(6)13/h6H,1-5H2. The van der Waals surface area contributed by atoms with E-state index in [9.17, 15) is 22.8 Å². The van der Waals surface area contributed by atoms with Crippen molar-refractivity contribution in [3.05, 3.63) is 0 Å². The molecule has 2 nitrogen and oxygen atoms in total. The highest BCUT2D eigenvalue weighted by Crippen LogP contribution is 2.27. The predicted molar refractivity (Wildman–Crippen MR) is 42.6 cm³/mol. The van der Waals surface area contributed by atoms with Crippen molar-refractivity contribution < 1.29 is 22.8 Å². The zero-order valence-electron chi connectivity index (χ0n) is 7.56. The molecule has 0 aromatic heterocycles. The maximum atomic E-state index is 11.9. The van der Waals surface area contributed by atoms with Crippen molar-refractivity contribution in [3.8, 4) is 0 Å². The van der Waals surface area contributed by atoms with Gasteiger partial charge < -0.3 is 0 Å². The normalized spacial score (nSPS) is 23.6. The van der Waals surface area contributed by atoms with Crippen molar-refractivity contribution in [2.75, 3.05) is 0 Å². The average molecular weight is 208 g/mol. The number of halogens is 3. The number of ketones is 2. The summed E-state index contributed by atoms with van der Waals surface area (Å²) < 4.78 is 35.6. The molecule has 1 aliphatic rings. The largest absolute Gasteiger partial charge is 0.449 e. The summed E-state index contributed by atoms with van der Waals surface area (Å²) >= 11 is 0. The maximum absolute atomic E-state index is 11.9. The van der Waals surface area contributed by atoms with Crippen molar-refractivity contribution in [1.29, 1.82) is 0 Å². The van der Waals surface area contributed by atoms with Gasteiger partial charge in [-0.25, -0.2) is 0 Å². The van der Waals surface area contributed by atoms with Crippen LogP contribution < -0.4 is 0 Å². The summed E-state index contributed by atoms with van der Waals surface area (Å²) in [6.07, 6.45) is -3.26. The van der Waals surface area contributed by atoms with E-state index in [1.165, 1.54) is 0 Å². The van der Waals surface area contributed by atoms with Crippen molar-refractivity contribution >= 4 is 11.6 Å². The monoisotopic (exact) mass is 208 g/mol. The van der Waals surface area contributed by atoms with Gasteiger partial charge in [0.15, 0.2) is 0 Å². The molecule has 1 aliphatic carbocycles. The van der Waals surface area contributed by atoms with Crippen molar-refractivity contribution in [3.63, 3.8) is 0 Å². The molecule has 0 aliphatic heterocycles. The van der Waals surface area contributed by atoms with Crippen LogP contribution in [0.5, 0.6) is 0 Å². The Morgan fingerprint density at radius 3 is 2.50 bits per heavy atom. The molecule has 1 saturated carbocycles. The van der Waals surface area contributed by atoms with E-state index < -0.39 is 24.3 Å². The molecule has 0 N–H and O–H groups in total. The Morgan fingerprint density at radius 2 is 2.00 bits per heavy atom. The first-order valence-corrected chi connectivity index (χ1v) is 4.54. The van der Waals surface area contributed by atoms with Crippen LogP contribution in [0, 0.1) is 5.92 Å². The van der Waals surface area contributed by atoms with Crippen LogP contribution in [0.2, 0.25) is 0 Å². The van der Waals surface area contributed by atoms with Gasteiger partial charge in [-0.15, -0.1) is 0 Å². The van der Waals surface area contributed by atoms with Gasteiger partial charge in [-0.1, -0.05) is 6.42 Å². The molecule has 1 unspecified atom stereocenters. The molecule has 0 spiro atoms. The van der Waals surface area contributed by atoms with Gasteiger partial charge in [0.25, 0.3) is 0 Å². The highest BCUT2D eigenvalue weighted by Gasteiger charge is 2.40. The lowest BCUT2D eigenvalue weighted by Gasteiger charge is -2.19. The van der Waals surface area contributed by atoms with E-state index >= 15 is 0 Å². The van der Waals surface area contributed by atoms with Crippen molar-refractivity contribution in [2.45, 2.75) is 38.3 Å². The number of Topliss-reactive ketones (excluding diaryl/α,β-unsaturated/α-hetero) is 2. The number of rotatable bonds is 2. The molecular formula is C9H11F3O2. The van der Waals surface area contributed by atoms with Crippen LogP contribution in [0.4, 0.5) is 13.2 Å². The molecule has 80 valence electrons. The molecular weight excluding hydrogens is 197 g/mol. The fraction of sp³-hybridized carbons (Fsp3) is 0.778. The first-order chi connectivity index (χ1) is 6.41. The lowest BCUT2D eigenvalue weighted by molar-refractivity contribution is -0.172. The molecule has 0 amide bonds. The van der Waals surface area contributed by atoms with E-state index in [4.69, 9.17) is 0 Å². The minimum atomic E-state index is -4.79. The molecule has 0 radical (unpaired) electrons. The zero-order chi connectivity index (χ0) is 10.8. The molecule has 1 fully saturated rings. The summed E-state index contributed by atoms with van der Waals surface area (Å²) in [5.74, 6) is -2.68. The van der Waals surface area contributed by atoms with Gasteiger partial charge in [0, 0.05) is 18.8 Å². The summed E-state index contributed by atoms with van der Waals surface area (Å²) in [5, 5.41) is 0. The minimum Gasteiger partial charge on any atom is -0.299 e. The maximum Gasteiger partial charge on any atom is 0.449 e. The zero-order valence-corrected chi connectivity index (χ0v) is 7.56. The predicted octanol–water partition coefficient (Wildman–Crippen LogP) is 2.27. The smallest absolute Gasteiger partial charge is 0.299 e. The van der Waals surface area contributed by atoms with Crippen LogP contribution in [0.15, 0.2) is 0 Å². The van der Waals surface area contributed by atoms with E-state index in [1.807, 2.05) is 0 Å². The Hall–Kier alpha value is -0.870. The third-order valence-corrected chi connectivity index (χ3v) is 2.43. The Balaban J connectivity index is 2.51. The van der Waals surface area contributed by atoms with Gasteiger partial charge in [-0.3, -0.25) is 9.59 Å². The summed E-state index contributed by atoms with van der Waals surface area (Å²) in [4.78, 5) is 21.7. The fourth-order valence-electron chi connectivity index (χ4n) is 1.61. The number of hydrogen-bond acceptors (Lipinski definition) is 2. The van der Waals surface area contributed by atoms with Gasteiger partial charge in [-0.05, 0) is 12.8 Å². The lowest BCUT2D eigenvalue weighted by Crippen LogP contribution is -2.29. The van der Waals surface area contributed by atoms with Gasteiger partial charge in [0.05, 0.1) is 0 Å². The summed E-state index contributed by atoms with van der Waals surface area (Å²) in [6.45, 7) is 0. The van der Waals surface area contributed by atoms with E-state index in [-0.39, 0.29) is 5.78 Å². The topological polar surface area (TPSA) is 34.1 Å². The highest BCUT2D eigenvalue weighted by molar-refractivity contribution is 5.90. The third-order valence-electron chi connectivity index (χ3n) is 2.43. The molecule has 0 aromatic rings. The van der Waals surface area contributed by atoms with Crippen LogP contribution >= 0.6 is 0 Å². The molecule has 14 heavy (non-hydrogen) atoms.